The van der Waals surface area contributed by atoms with Gasteiger partial charge < -0.3 is 4.74 Å². The summed E-state index contributed by atoms with van der Waals surface area (Å²) in [5.41, 5.74) is 4.39. The Bertz CT molecular complexity index is 558. The van der Waals surface area contributed by atoms with Gasteiger partial charge in [-0.25, -0.2) is 8.78 Å². The topological polar surface area (TPSA) is 30.5 Å². The zero-order valence-corrected chi connectivity index (χ0v) is 13.0. The van der Waals surface area contributed by atoms with Gasteiger partial charge in [-0.3, -0.25) is 4.84 Å². The molecule has 0 aliphatic heterocycles. The van der Waals surface area contributed by atoms with Gasteiger partial charge in [0.1, 0.15) is 6.10 Å². The second-order valence-corrected chi connectivity index (χ2v) is 5.36. The van der Waals surface area contributed by atoms with Crippen LogP contribution in [-0.4, -0.2) is 18.6 Å². The zero-order valence-electron chi connectivity index (χ0n) is 13.0. The monoisotopic (exact) mass is 321 g/mol. The fourth-order valence-electron chi connectivity index (χ4n) is 2.00. The Kier molecular flexibility index (Phi) is 6.65. The van der Waals surface area contributed by atoms with E-state index in [1.807, 2.05) is 60.7 Å². The van der Waals surface area contributed by atoms with E-state index in [4.69, 9.17) is 9.57 Å². The van der Waals surface area contributed by atoms with Gasteiger partial charge in [0.15, 0.2) is 0 Å². The van der Waals surface area contributed by atoms with Gasteiger partial charge >= 0.3 is 0 Å². The SMILES string of the molecule is CC(F)(F)[C@@H](CNOCc1ccccc1)OCc1ccccc1. The lowest BCUT2D eigenvalue weighted by Gasteiger charge is -2.24. The smallest absolute Gasteiger partial charge is 0.272 e. The van der Waals surface area contributed by atoms with Crippen molar-refractivity contribution in [1.82, 2.24) is 5.48 Å². The summed E-state index contributed by atoms with van der Waals surface area (Å²) >= 11 is 0. The Balaban J connectivity index is 1.77. The Morgan fingerprint density at radius 3 is 1.96 bits per heavy atom. The van der Waals surface area contributed by atoms with Crippen molar-refractivity contribution in [3.05, 3.63) is 71.8 Å². The Morgan fingerprint density at radius 2 is 1.43 bits per heavy atom. The molecular weight excluding hydrogens is 300 g/mol. The van der Waals surface area contributed by atoms with Crippen LogP contribution in [0.1, 0.15) is 18.1 Å². The number of ether oxygens (including phenoxy) is 1. The molecule has 0 saturated heterocycles. The van der Waals surface area contributed by atoms with E-state index in [1.165, 1.54) is 0 Å². The molecule has 0 amide bonds. The van der Waals surface area contributed by atoms with Crippen LogP contribution in [0.4, 0.5) is 8.78 Å². The third-order valence-corrected chi connectivity index (χ3v) is 3.31. The molecule has 0 radical (unpaired) electrons. The summed E-state index contributed by atoms with van der Waals surface area (Å²) in [7, 11) is 0. The van der Waals surface area contributed by atoms with Gasteiger partial charge in [-0.05, 0) is 11.1 Å². The van der Waals surface area contributed by atoms with Crippen molar-refractivity contribution in [2.24, 2.45) is 0 Å². The minimum absolute atomic E-state index is 0.0941. The maximum Gasteiger partial charge on any atom is 0.272 e. The van der Waals surface area contributed by atoms with Crippen molar-refractivity contribution in [2.45, 2.75) is 32.2 Å². The Hall–Kier alpha value is -1.82. The first-order valence-electron chi connectivity index (χ1n) is 7.47. The number of rotatable bonds is 9. The molecule has 0 spiro atoms. The predicted octanol–water partition coefficient (Wildman–Crippen LogP) is 3.95. The van der Waals surface area contributed by atoms with Crippen LogP contribution in [0, 0.1) is 0 Å². The Labute approximate surface area is 135 Å². The quantitative estimate of drug-likeness (QED) is 0.560. The van der Waals surface area contributed by atoms with Gasteiger partial charge in [0.05, 0.1) is 19.8 Å². The molecule has 1 N–H and O–H groups in total. The molecular formula is C18H21F2NO2. The maximum absolute atomic E-state index is 13.6. The summed E-state index contributed by atoms with van der Waals surface area (Å²) in [6.07, 6.45) is -1.27. The minimum Gasteiger partial charge on any atom is -0.366 e. The average Bonchev–Trinajstić information content (AvgIpc) is 2.55. The van der Waals surface area contributed by atoms with Gasteiger partial charge in [-0.1, -0.05) is 60.7 Å². The van der Waals surface area contributed by atoms with Gasteiger partial charge in [0.25, 0.3) is 5.92 Å². The molecule has 1 atom stereocenters. The van der Waals surface area contributed by atoms with Gasteiger partial charge in [-0.15, -0.1) is 0 Å². The molecule has 0 fully saturated rings. The van der Waals surface area contributed by atoms with E-state index in [0.29, 0.717) is 6.61 Å². The third kappa shape index (κ3) is 6.44. The van der Waals surface area contributed by atoms with E-state index in [1.54, 1.807) is 0 Å². The van der Waals surface area contributed by atoms with Crippen molar-refractivity contribution >= 4 is 0 Å². The summed E-state index contributed by atoms with van der Waals surface area (Å²) in [4.78, 5) is 5.23. The fraction of sp³-hybridized carbons (Fsp3) is 0.333. The second-order valence-electron chi connectivity index (χ2n) is 5.36. The Morgan fingerprint density at radius 1 is 0.913 bits per heavy atom. The lowest BCUT2D eigenvalue weighted by molar-refractivity contribution is -0.143. The van der Waals surface area contributed by atoms with Crippen molar-refractivity contribution in [3.8, 4) is 0 Å². The van der Waals surface area contributed by atoms with Crippen molar-refractivity contribution < 1.29 is 18.4 Å². The molecule has 0 unspecified atom stereocenters. The summed E-state index contributed by atoms with van der Waals surface area (Å²) in [6, 6.07) is 18.7. The van der Waals surface area contributed by atoms with E-state index >= 15 is 0 Å². The number of alkyl halides is 2. The number of hydrogen-bond acceptors (Lipinski definition) is 3. The normalized spacial score (nSPS) is 13.0. The molecule has 0 aromatic heterocycles. The zero-order chi connectivity index (χ0) is 16.5. The van der Waals surface area contributed by atoms with Gasteiger partial charge in [0, 0.05) is 6.92 Å². The van der Waals surface area contributed by atoms with Crippen molar-refractivity contribution in [3.63, 3.8) is 0 Å². The van der Waals surface area contributed by atoms with Gasteiger partial charge in [-0.2, -0.15) is 5.48 Å². The molecule has 0 saturated carbocycles. The highest BCUT2D eigenvalue weighted by molar-refractivity contribution is 5.14. The van der Waals surface area contributed by atoms with Crippen molar-refractivity contribution in [2.75, 3.05) is 6.54 Å². The molecule has 2 aromatic rings. The number of halogens is 2. The minimum atomic E-state index is -2.96. The molecule has 0 bridgehead atoms. The highest BCUT2D eigenvalue weighted by Gasteiger charge is 2.34. The lowest BCUT2D eigenvalue weighted by atomic mass is 10.2. The number of hydroxylamine groups is 1. The predicted molar refractivity (Wildman–Crippen MR) is 84.9 cm³/mol. The molecule has 124 valence electrons. The summed E-state index contributed by atoms with van der Waals surface area (Å²) in [5, 5.41) is 0. The summed E-state index contributed by atoms with van der Waals surface area (Å²) < 4.78 is 32.6. The average molecular weight is 321 g/mol. The molecule has 0 aliphatic rings. The summed E-state index contributed by atoms with van der Waals surface area (Å²) in [6.45, 7) is 1.20. The van der Waals surface area contributed by atoms with Crippen LogP contribution in [0.5, 0.6) is 0 Å². The molecule has 0 heterocycles. The van der Waals surface area contributed by atoms with Crippen LogP contribution in [0.3, 0.4) is 0 Å². The first-order chi connectivity index (χ1) is 11.1. The van der Waals surface area contributed by atoms with E-state index in [0.717, 1.165) is 18.1 Å². The van der Waals surface area contributed by atoms with Crippen LogP contribution in [0.25, 0.3) is 0 Å². The molecule has 2 rings (SSSR count). The van der Waals surface area contributed by atoms with Crippen molar-refractivity contribution in [1.29, 1.82) is 0 Å². The molecule has 2 aromatic carbocycles. The molecule has 3 nitrogen and oxygen atoms in total. The molecule has 5 heteroatoms. The second kappa shape index (κ2) is 8.72. The first kappa shape index (κ1) is 17.5. The highest BCUT2D eigenvalue weighted by Crippen LogP contribution is 2.21. The van der Waals surface area contributed by atoms with Crippen LogP contribution in [-0.2, 0) is 22.8 Å². The molecule has 23 heavy (non-hydrogen) atoms. The van der Waals surface area contributed by atoms with E-state index < -0.39 is 12.0 Å². The van der Waals surface area contributed by atoms with Crippen LogP contribution in [0.2, 0.25) is 0 Å². The van der Waals surface area contributed by atoms with E-state index in [-0.39, 0.29) is 13.2 Å². The fourth-order valence-corrected chi connectivity index (χ4v) is 2.00. The number of nitrogens with one attached hydrogen (secondary N) is 1. The van der Waals surface area contributed by atoms with E-state index in [9.17, 15) is 8.78 Å². The number of hydrogen-bond donors (Lipinski definition) is 1. The van der Waals surface area contributed by atoms with Crippen LogP contribution >= 0.6 is 0 Å². The number of benzene rings is 2. The van der Waals surface area contributed by atoms with Crippen LogP contribution < -0.4 is 5.48 Å². The summed E-state index contributed by atoms with van der Waals surface area (Å²) in [5.74, 6) is -2.96. The molecule has 0 aliphatic carbocycles. The third-order valence-electron chi connectivity index (χ3n) is 3.31. The lowest BCUT2D eigenvalue weighted by Crippen LogP contribution is -2.41. The van der Waals surface area contributed by atoms with Crippen LogP contribution in [0.15, 0.2) is 60.7 Å². The van der Waals surface area contributed by atoms with E-state index in [2.05, 4.69) is 5.48 Å². The maximum atomic E-state index is 13.6. The standard InChI is InChI=1S/C18H21F2NO2/c1-18(19,20)17(22-13-15-8-4-2-5-9-15)12-21-23-14-16-10-6-3-7-11-16/h2-11,17,21H,12-14H2,1H3/t17-/m1/s1. The highest BCUT2D eigenvalue weighted by atomic mass is 19.3. The largest absolute Gasteiger partial charge is 0.366 e. The van der Waals surface area contributed by atoms with Gasteiger partial charge in [0.2, 0.25) is 0 Å². The first-order valence-corrected chi connectivity index (χ1v) is 7.47.